The summed E-state index contributed by atoms with van der Waals surface area (Å²) in [5.74, 6) is 1.57. The van der Waals surface area contributed by atoms with Crippen LogP contribution in [0.3, 0.4) is 0 Å². The molecule has 1 heterocycles. The van der Waals surface area contributed by atoms with Crippen molar-refractivity contribution in [3.8, 4) is 0 Å². The Hall–Kier alpha value is -0.910. The lowest BCUT2D eigenvalue weighted by Gasteiger charge is -2.02. The SMILES string of the molecule is Cc1nc(CNCCOCCO)oc1C. The molecule has 0 aliphatic carbocycles. The van der Waals surface area contributed by atoms with E-state index >= 15 is 0 Å². The van der Waals surface area contributed by atoms with Crippen molar-refractivity contribution in [1.82, 2.24) is 10.3 Å². The molecule has 0 amide bonds. The van der Waals surface area contributed by atoms with Gasteiger partial charge >= 0.3 is 0 Å². The van der Waals surface area contributed by atoms with E-state index in [2.05, 4.69) is 10.3 Å². The van der Waals surface area contributed by atoms with Gasteiger partial charge in [0, 0.05) is 6.54 Å². The Balaban J connectivity index is 2.10. The highest BCUT2D eigenvalue weighted by molar-refractivity contribution is 5.04. The number of hydrogen-bond donors (Lipinski definition) is 2. The molecule has 1 rings (SSSR count). The third-order valence-electron chi connectivity index (χ3n) is 2.01. The van der Waals surface area contributed by atoms with E-state index in [0.29, 0.717) is 25.6 Å². The van der Waals surface area contributed by atoms with Gasteiger partial charge in [0.2, 0.25) is 5.89 Å². The summed E-state index contributed by atoms with van der Waals surface area (Å²) in [4.78, 5) is 4.23. The van der Waals surface area contributed by atoms with Gasteiger partial charge in [0.25, 0.3) is 0 Å². The summed E-state index contributed by atoms with van der Waals surface area (Å²) in [7, 11) is 0. The number of ether oxygens (including phenoxy) is 1. The summed E-state index contributed by atoms with van der Waals surface area (Å²) in [5, 5.41) is 11.6. The first-order valence-corrected chi connectivity index (χ1v) is 5.06. The van der Waals surface area contributed by atoms with Crippen LogP contribution in [0, 0.1) is 13.8 Å². The van der Waals surface area contributed by atoms with Crippen LogP contribution in [-0.4, -0.2) is 36.5 Å². The van der Waals surface area contributed by atoms with Crippen molar-refractivity contribution in [3.05, 3.63) is 17.3 Å². The van der Waals surface area contributed by atoms with Gasteiger partial charge in [-0.3, -0.25) is 0 Å². The normalized spacial score (nSPS) is 10.9. The molecule has 0 unspecified atom stereocenters. The van der Waals surface area contributed by atoms with Crippen molar-refractivity contribution in [2.75, 3.05) is 26.4 Å². The number of oxazole rings is 1. The third-order valence-corrected chi connectivity index (χ3v) is 2.01. The fourth-order valence-corrected chi connectivity index (χ4v) is 1.12. The molecule has 5 nitrogen and oxygen atoms in total. The first kappa shape index (κ1) is 12.2. The Labute approximate surface area is 89.5 Å². The van der Waals surface area contributed by atoms with Gasteiger partial charge in [-0.15, -0.1) is 0 Å². The number of nitrogens with zero attached hydrogens (tertiary/aromatic N) is 1. The van der Waals surface area contributed by atoms with E-state index in [4.69, 9.17) is 14.3 Å². The molecule has 0 aliphatic heterocycles. The van der Waals surface area contributed by atoms with Gasteiger partial charge in [0.05, 0.1) is 32.1 Å². The number of aryl methyl sites for hydroxylation is 2. The van der Waals surface area contributed by atoms with Crippen LogP contribution in [0.2, 0.25) is 0 Å². The Morgan fingerprint density at radius 3 is 2.80 bits per heavy atom. The number of nitrogens with one attached hydrogen (secondary N) is 1. The number of aliphatic hydroxyl groups excluding tert-OH is 1. The number of aromatic nitrogens is 1. The fraction of sp³-hybridized carbons (Fsp3) is 0.700. The van der Waals surface area contributed by atoms with E-state index in [1.807, 2.05) is 13.8 Å². The maximum Gasteiger partial charge on any atom is 0.208 e. The third kappa shape index (κ3) is 4.42. The monoisotopic (exact) mass is 214 g/mol. The summed E-state index contributed by atoms with van der Waals surface area (Å²) in [6.45, 7) is 6.19. The standard InChI is InChI=1S/C10H18N2O3/c1-8-9(2)15-10(12-8)7-11-3-5-14-6-4-13/h11,13H,3-7H2,1-2H3. The van der Waals surface area contributed by atoms with Gasteiger partial charge in [0.15, 0.2) is 0 Å². The fourth-order valence-electron chi connectivity index (χ4n) is 1.12. The number of aliphatic hydroxyl groups is 1. The Bertz CT molecular complexity index is 267. The van der Waals surface area contributed by atoms with Crippen LogP contribution in [0.15, 0.2) is 4.42 Å². The minimum atomic E-state index is 0.0676. The van der Waals surface area contributed by atoms with Gasteiger partial charge in [-0.05, 0) is 13.8 Å². The Morgan fingerprint density at radius 1 is 1.40 bits per heavy atom. The highest BCUT2D eigenvalue weighted by Crippen LogP contribution is 2.07. The molecule has 0 atom stereocenters. The largest absolute Gasteiger partial charge is 0.444 e. The zero-order valence-corrected chi connectivity index (χ0v) is 9.25. The lowest BCUT2D eigenvalue weighted by Crippen LogP contribution is -2.20. The van der Waals surface area contributed by atoms with E-state index in [9.17, 15) is 0 Å². The quantitative estimate of drug-likeness (QED) is 0.643. The van der Waals surface area contributed by atoms with Crippen molar-refractivity contribution in [3.63, 3.8) is 0 Å². The highest BCUT2D eigenvalue weighted by Gasteiger charge is 2.03. The lowest BCUT2D eigenvalue weighted by molar-refractivity contribution is 0.0935. The number of rotatable bonds is 7. The second kappa shape index (κ2) is 6.55. The second-order valence-electron chi connectivity index (χ2n) is 3.26. The van der Waals surface area contributed by atoms with E-state index in [0.717, 1.165) is 18.0 Å². The minimum absolute atomic E-state index is 0.0676. The molecule has 0 spiro atoms. The van der Waals surface area contributed by atoms with E-state index in [1.165, 1.54) is 0 Å². The zero-order valence-electron chi connectivity index (χ0n) is 9.25. The van der Waals surface area contributed by atoms with Gasteiger partial charge < -0.3 is 19.6 Å². The van der Waals surface area contributed by atoms with Gasteiger partial charge in [-0.1, -0.05) is 0 Å². The molecule has 0 radical (unpaired) electrons. The summed E-state index contributed by atoms with van der Waals surface area (Å²) in [5.41, 5.74) is 0.934. The molecular weight excluding hydrogens is 196 g/mol. The minimum Gasteiger partial charge on any atom is -0.444 e. The summed E-state index contributed by atoms with van der Waals surface area (Å²) in [6, 6.07) is 0. The second-order valence-corrected chi connectivity index (χ2v) is 3.26. The molecule has 0 saturated carbocycles. The van der Waals surface area contributed by atoms with Crippen LogP contribution in [0.4, 0.5) is 0 Å². The predicted octanol–water partition coefficient (Wildman–Crippen LogP) is 0.390. The molecule has 0 fully saturated rings. The summed E-state index contributed by atoms with van der Waals surface area (Å²) < 4.78 is 10.5. The molecular formula is C10H18N2O3. The summed E-state index contributed by atoms with van der Waals surface area (Å²) in [6.07, 6.45) is 0. The molecule has 0 saturated heterocycles. The van der Waals surface area contributed by atoms with E-state index < -0.39 is 0 Å². The van der Waals surface area contributed by atoms with Crippen molar-refractivity contribution < 1.29 is 14.3 Å². The van der Waals surface area contributed by atoms with Crippen molar-refractivity contribution in [2.24, 2.45) is 0 Å². The van der Waals surface area contributed by atoms with Crippen molar-refractivity contribution >= 4 is 0 Å². The van der Waals surface area contributed by atoms with Crippen molar-refractivity contribution in [1.29, 1.82) is 0 Å². The molecule has 15 heavy (non-hydrogen) atoms. The maximum atomic E-state index is 8.46. The lowest BCUT2D eigenvalue weighted by atomic mass is 10.4. The van der Waals surface area contributed by atoms with E-state index in [-0.39, 0.29) is 6.61 Å². The Morgan fingerprint density at radius 2 is 2.20 bits per heavy atom. The van der Waals surface area contributed by atoms with E-state index in [1.54, 1.807) is 0 Å². The average Bonchev–Trinajstić information content (AvgIpc) is 2.52. The van der Waals surface area contributed by atoms with Crippen LogP contribution < -0.4 is 5.32 Å². The molecule has 1 aromatic rings. The van der Waals surface area contributed by atoms with Crippen molar-refractivity contribution in [2.45, 2.75) is 20.4 Å². The zero-order chi connectivity index (χ0) is 11.1. The van der Waals surface area contributed by atoms with Gasteiger partial charge in [-0.25, -0.2) is 4.98 Å². The predicted molar refractivity (Wildman–Crippen MR) is 55.6 cm³/mol. The molecule has 5 heteroatoms. The van der Waals surface area contributed by atoms with Gasteiger partial charge in [-0.2, -0.15) is 0 Å². The first-order chi connectivity index (χ1) is 7.24. The topological polar surface area (TPSA) is 67.5 Å². The van der Waals surface area contributed by atoms with Crippen LogP contribution in [0.25, 0.3) is 0 Å². The number of hydrogen-bond acceptors (Lipinski definition) is 5. The molecule has 2 N–H and O–H groups in total. The maximum absolute atomic E-state index is 8.46. The molecule has 0 aromatic carbocycles. The highest BCUT2D eigenvalue weighted by atomic mass is 16.5. The molecule has 0 aliphatic rings. The van der Waals surface area contributed by atoms with Crippen LogP contribution in [-0.2, 0) is 11.3 Å². The van der Waals surface area contributed by atoms with Crippen LogP contribution in [0.5, 0.6) is 0 Å². The first-order valence-electron chi connectivity index (χ1n) is 5.06. The molecule has 86 valence electrons. The van der Waals surface area contributed by atoms with Gasteiger partial charge in [0.1, 0.15) is 5.76 Å². The van der Waals surface area contributed by atoms with Crippen LogP contribution >= 0.6 is 0 Å². The Kier molecular flexibility index (Phi) is 5.31. The molecule has 1 aromatic heterocycles. The summed E-state index contributed by atoms with van der Waals surface area (Å²) >= 11 is 0. The molecule has 0 bridgehead atoms. The smallest absolute Gasteiger partial charge is 0.208 e. The van der Waals surface area contributed by atoms with Crippen LogP contribution in [0.1, 0.15) is 17.3 Å². The average molecular weight is 214 g/mol.